The minimum absolute atomic E-state index is 0.0905. The molecule has 0 aromatic carbocycles. The van der Waals surface area contributed by atoms with Gasteiger partial charge in [-0.1, -0.05) is 44.0 Å². The standard InChI is InChI=1S/C17H29NO4S/c1-5-6-13(19)11(2)15(20)18-14-9-12-7-8-17(14,10-23(21)22)16(12,3)4/h5-6,11-14,19H,7-10H2,1-4H3,(H,18,20)(H,21,22)/p-1/b6-5+/t11-,12?,13-,14?,17?/m1/s1. The predicted molar refractivity (Wildman–Crippen MR) is 89.3 cm³/mol. The molecule has 2 fully saturated rings. The molecule has 5 nitrogen and oxygen atoms in total. The molecule has 0 aromatic heterocycles. The fraction of sp³-hybridized carbons (Fsp3) is 0.824. The number of nitrogens with one attached hydrogen (secondary N) is 1. The maximum atomic E-state index is 12.5. The smallest absolute Gasteiger partial charge is 0.226 e. The molecule has 1 amide bonds. The molecule has 0 aliphatic heterocycles. The van der Waals surface area contributed by atoms with Gasteiger partial charge in [0.25, 0.3) is 0 Å². The van der Waals surface area contributed by atoms with Crippen LogP contribution in [0.5, 0.6) is 0 Å². The van der Waals surface area contributed by atoms with E-state index < -0.39 is 28.5 Å². The quantitative estimate of drug-likeness (QED) is 0.568. The SMILES string of the molecule is C/C=C/[C@@H](O)[C@@H](C)C(=O)NC1CC2CCC1(CS(=O)[O-])C2(C)C. The molecule has 0 aromatic rings. The average molecular weight is 342 g/mol. The van der Waals surface area contributed by atoms with Crippen molar-refractivity contribution in [2.24, 2.45) is 22.7 Å². The molecule has 23 heavy (non-hydrogen) atoms. The Balaban J connectivity index is 2.16. The van der Waals surface area contributed by atoms with Crippen LogP contribution in [0.1, 0.15) is 47.0 Å². The summed E-state index contributed by atoms with van der Waals surface area (Å²) in [5, 5.41) is 13.0. The van der Waals surface area contributed by atoms with Crippen molar-refractivity contribution in [3.05, 3.63) is 12.2 Å². The first-order chi connectivity index (χ1) is 10.7. The van der Waals surface area contributed by atoms with E-state index in [4.69, 9.17) is 0 Å². The van der Waals surface area contributed by atoms with Crippen LogP contribution in [0, 0.1) is 22.7 Å². The first-order valence-electron chi connectivity index (χ1n) is 8.33. The van der Waals surface area contributed by atoms with Crippen molar-refractivity contribution >= 4 is 17.0 Å². The average Bonchev–Trinajstić information content (AvgIpc) is 2.80. The Labute approximate surface area is 141 Å². The molecule has 0 radical (unpaired) electrons. The molecular weight excluding hydrogens is 314 g/mol. The summed E-state index contributed by atoms with van der Waals surface area (Å²) in [4.78, 5) is 12.5. The fourth-order valence-corrected chi connectivity index (χ4v) is 5.79. The number of allylic oxidation sites excluding steroid dienone is 1. The van der Waals surface area contributed by atoms with Crippen LogP contribution in [0.2, 0.25) is 0 Å². The van der Waals surface area contributed by atoms with Crippen molar-refractivity contribution in [3.8, 4) is 0 Å². The van der Waals surface area contributed by atoms with Crippen LogP contribution >= 0.6 is 0 Å². The summed E-state index contributed by atoms with van der Waals surface area (Å²) < 4.78 is 22.8. The summed E-state index contributed by atoms with van der Waals surface area (Å²) in [6, 6.07) is -0.137. The van der Waals surface area contributed by atoms with E-state index in [1.807, 2.05) is 0 Å². The molecule has 0 heterocycles. The number of aliphatic hydroxyl groups excluding tert-OH is 1. The van der Waals surface area contributed by atoms with E-state index in [0.717, 1.165) is 19.3 Å². The summed E-state index contributed by atoms with van der Waals surface area (Å²) in [7, 11) is 0. The number of fused-ring (bicyclic) bond motifs is 2. The second kappa shape index (κ2) is 6.65. The van der Waals surface area contributed by atoms with Crippen molar-refractivity contribution in [3.63, 3.8) is 0 Å². The van der Waals surface area contributed by atoms with E-state index in [1.54, 1.807) is 26.0 Å². The van der Waals surface area contributed by atoms with Gasteiger partial charge < -0.3 is 15.0 Å². The molecule has 2 rings (SSSR count). The number of carbonyl (C=O) groups is 1. The highest BCUT2D eigenvalue weighted by molar-refractivity contribution is 7.79. The Bertz CT molecular complexity index is 519. The minimum atomic E-state index is -2.13. The van der Waals surface area contributed by atoms with Crippen molar-refractivity contribution in [2.75, 3.05) is 5.75 Å². The van der Waals surface area contributed by atoms with Crippen LogP contribution in [0.4, 0.5) is 0 Å². The summed E-state index contributed by atoms with van der Waals surface area (Å²) in [5.74, 6) is -0.233. The third-order valence-corrected chi connectivity index (χ3v) is 7.19. The molecule has 0 spiro atoms. The van der Waals surface area contributed by atoms with Crippen molar-refractivity contribution in [1.29, 1.82) is 0 Å². The van der Waals surface area contributed by atoms with Crippen LogP contribution in [0.15, 0.2) is 12.2 Å². The van der Waals surface area contributed by atoms with Crippen LogP contribution < -0.4 is 5.32 Å². The van der Waals surface area contributed by atoms with Crippen LogP contribution in [-0.4, -0.2) is 37.7 Å². The van der Waals surface area contributed by atoms with Crippen LogP contribution in [0.25, 0.3) is 0 Å². The molecule has 132 valence electrons. The van der Waals surface area contributed by atoms with Gasteiger partial charge >= 0.3 is 0 Å². The number of hydrogen-bond donors (Lipinski definition) is 2. The lowest BCUT2D eigenvalue weighted by Gasteiger charge is -2.43. The first-order valence-corrected chi connectivity index (χ1v) is 9.57. The van der Waals surface area contributed by atoms with E-state index in [0.29, 0.717) is 5.92 Å². The molecular formula is C17H28NO4S-. The zero-order valence-corrected chi connectivity index (χ0v) is 15.2. The molecule has 2 aliphatic carbocycles. The Morgan fingerprint density at radius 1 is 1.52 bits per heavy atom. The Hall–Kier alpha value is -0.720. The van der Waals surface area contributed by atoms with Gasteiger partial charge in [-0.2, -0.15) is 0 Å². The van der Waals surface area contributed by atoms with Gasteiger partial charge in [-0.3, -0.25) is 9.00 Å². The highest BCUT2D eigenvalue weighted by Gasteiger charge is 2.64. The molecule has 2 N–H and O–H groups in total. The molecule has 2 aliphatic rings. The van der Waals surface area contributed by atoms with Gasteiger partial charge in [0, 0.05) is 17.2 Å². The second-order valence-electron chi connectivity index (χ2n) is 7.66. The summed E-state index contributed by atoms with van der Waals surface area (Å²) in [5.41, 5.74) is -0.499. The normalized spacial score (nSPS) is 36.1. The Morgan fingerprint density at radius 3 is 2.70 bits per heavy atom. The van der Waals surface area contributed by atoms with Crippen molar-refractivity contribution < 1.29 is 18.7 Å². The van der Waals surface area contributed by atoms with E-state index in [-0.39, 0.29) is 23.1 Å². The second-order valence-corrected chi connectivity index (χ2v) is 8.56. The maximum absolute atomic E-state index is 12.5. The number of hydrogen-bond acceptors (Lipinski definition) is 4. The van der Waals surface area contributed by atoms with Gasteiger partial charge in [-0.25, -0.2) is 0 Å². The Kier molecular flexibility index (Phi) is 5.38. The van der Waals surface area contributed by atoms with Gasteiger partial charge in [0.1, 0.15) is 0 Å². The van der Waals surface area contributed by atoms with Gasteiger partial charge in [0.05, 0.1) is 12.0 Å². The van der Waals surface area contributed by atoms with Gasteiger partial charge in [0.2, 0.25) is 5.91 Å². The molecule has 0 saturated heterocycles. The maximum Gasteiger partial charge on any atom is 0.226 e. The third-order valence-electron chi connectivity index (χ3n) is 6.44. The van der Waals surface area contributed by atoms with Gasteiger partial charge in [-0.05, 0) is 37.5 Å². The summed E-state index contributed by atoms with van der Waals surface area (Å²) in [6.45, 7) is 7.74. The monoisotopic (exact) mass is 342 g/mol. The highest BCUT2D eigenvalue weighted by atomic mass is 32.2. The number of amides is 1. The zero-order valence-electron chi connectivity index (χ0n) is 14.4. The lowest BCUT2D eigenvalue weighted by atomic mass is 9.69. The van der Waals surface area contributed by atoms with E-state index in [9.17, 15) is 18.7 Å². The Morgan fingerprint density at radius 2 is 2.17 bits per heavy atom. The van der Waals surface area contributed by atoms with E-state index in [2.05, 4.69) is 19.2 Å². The largest absolute Gasteiger partial charge is 0.772 e. The molecule has 6 atom stereocenters. The molecule has 2 saturated carbocycles. The molecule has 4 unspecified atom stereocenters. The highest BCUT2D eigenvalue weighted by Crippen LogP contribution is 2.65. The fourth-order valence-electron chi connectivity index (χ4n) is 4.66. The summed E-state index contributed by atoms with van der Waals surface area (Å²) >= 11 is -2.13. The topological polar surface area (TPSA) is 89.5 Å². The van der Waals surface area contributed by atoms with E-state index >= 15 is 0 Å². The zero-order chi connectivity index (χ0) is 17.4. The van der Waals surface area contributed by atoms with Crippen molar-refractivity contribution in [2.45, 2.75) is 59.1 Å². The third kappa shape index (κ3) is 3.13. The van der Waals surface area contributed by atoms with Gasteiger partial charge in [-0.15, -0.1) is 0 Å². The lowest BCUT2D eigenvalue weighted by Crippen LogP contribution is -2.53. The molecule has 2 bridgehead atoms. The lowest BCUT2D eigenvalue weighted by molar-refractivity contribution is -0.128. The minimum Gasteiger partial charge on any atom is -0.772 e. The number of rotatable bonds is 6. The van der Waals surface area contributed by atoms with E-state index in [1.165, 1.54) is 0 Å². The van der Waals surface area contributed by atoms with Crippen molar-refractivity contribution in [1.82, 2.24) is 5.32 Å². The number of aliphatic hydroxyl groups is 1. The van der Waals surface area contributed by atoms with Crippen LogP contribution in [-0.2, 0) is 15.9 Å². The molecule has 6 heteroatoms. The number of carbonyl (C=O) groups excluding carboxylic acids is 1. The predicted octanol–water partition coefficient (Wildman–Crippen LogP) is 1.75. The van der Waals surface area contributed by atoms with Crippen LogP contribution in [0.3, 0.4) is 0 Å². The summed E-state index contributed by atoms with van der Waals surface area (Å²) in [6.07, 6.45) is 5.16. The van der Waals surface area contributed by atoms with Gasteiger partial charge in [0.15, 0.2) is 0 Å². The first kappa shape index (κ1) is 18.6.